The molecule has 164 valence electrons. The molecule has 0 spiro atoms. The summed E-state index contributed by atoms with van der Waals surface area (Å²) >= 11 is 0. The van der Waals surface area contributed by atoms with Gasteiger partial charge in [-0.25, -0.2) is 9.18 Å². The Morgan fingerprint density at radius 1 is 0.900 bits per heavy atom. The van der Waals surface area contributed by atoms with Gasteiger partial charge < -0.3 is 20.9 Å². The zero-order valence-electron chi connectivity index (χ0n) is 17.3. The summed E-state index contributed by atoms with van der Waals surface area (Å²) in [6.07, 6.45) is 7.97. The molecule has 3 rings (SSSR count). The number of likely N-dealkylation sites (tertiary alicyclic amines) is 1. The van der Waals surface area contributed by atoms with Crippen molar-refractivity contribution in [3.8, 4) is 0 Å². The molecule has 0 radical (unpaired) electrons. The van der Waals surface area contributed by atoms with E-state index in [1.807, 2.05) is 0 Å². The predicted molar refractivity (Wildman–Crippen MR) is 112 cm³/mol. The minimum atomic E-state index is -0.573. The third-order valence-corrected chi connectivity index (χ3v) is 5.95. The summed E-state index contributed by atoms with van der Waals surface area (Å²) < 4.78 is 13.0. The van der Waals surface area contributed by atoms with Crippen LogP contribution in [0.1, 0.15) is 51.4 Å². The second-order valence-corrected chi connectivity index (χ2v) is 8.24. The van der Waals surface area contributed by atoms with Gasteiger partial charge in [0.1, 0.15) is 5.82 Å². The second kappa shape index (κ2) is 10.9. The number of nitrogens with one attached hydrogen (secondary N) is 3. The van der Waals surface area contributed by atoms with Gasteiger partial charge >= 0.3 is 17.8 Å². The van der Waals surface area contributed by atoms with Crippen molar-refractivity contribution in [2.24, 2.45) is 5.92 Å². The van der Waals surface area contributed by atoms with Crippen LogP contribution in [0.15, 0.2) is 24.3 Å². The van der Waals surface area contributed by atoms with Gasteiger partial charge in [0.2, 0.25) is 0 Å². The van der Waals surface area contributed by atoms with E-state index in [2.05, 4.69) is 16.0 Å². The average molecular weight is 419 g/mol. The maximum atomic E-state index is 13.0. The molecule has 3 N–H and O–H groups in total. The van der Waals surface area contributed by atoms with Crippen LogP contribution in [0.5, 0.6) is 0 Å². The summed E-state index contributed by atoms with van der Waals surface area (Å²) in [7, 11) is 0. The first kappa shape index (κ1) is 22.1. The van der Waals surface area contributed by atoms with Crippen LogP contribution >= 0.6 is 0 Å². The van der Waals surface area contributed by atoms with Crippen LogP contribution in [-0.4, -0.2) is 48.4 Å². The van der Waals surface area contributed by atoms with Crippen molar-refractivity contribution in [3.05, 3.63) is 30.1 Å². The molecule has 1 saturated heterocycles. The molecule has 2 aliphatic rings. The van der Waals surface area contributed by atoms with Gasteiger partial charge in [-0.2, -0.15) is 0 Å². The number of rotatable bonds is 4. The Hall–Kier alpha value is -2.64. The van der Waals surface area contributed by atoms with Crippen molar-refractivity contribution in [1.82, 2.24) is 15.5 Å². The highest BCUT2D eigenvalue weighted by molar-refractivity contribution is 6.35. The molecular formula is C22H31FN4O3. The van der Waals surface area contributed by atoms with E-state index >= 15 is 0 Å². The Labute approximate surface area is 176 Å². The first-order valence-electron chi connectivity index (χ1n) is 10.9. The Morgan fingerprint density at radius 2 is 1.53 bits per heavy atom. The van der Waals surface area contributed by atoms with E-state index in [1.165, 1.54) is 37.1 Å². The van der Waals surface area contributed by atoms with E-state index in [4.69, 9.17) is 0 Å². The Balaban J connectivity index is 1.34. The number of carbonyl (C=O) groups is 3. The first-order valence-corrected chi connectivity index (χ1v) is 10.9. The summed E-state index contributed by atoms with van der Waals surface area (Å²) in [6.45, 7) is 1.58. The minimum absolute atomic E-state index is 0.105. The summed E-state index contributed by atoms with van der Waals surface area (Å²) in [5.41, 5.74) is 0.551. The van der Waals surface area contributed by atoms with E-state index in [9.17, 15) is 18.8 Å². The van der Waals surface area contributed by atoms with Crippen LogP contribution < -0.4 is 16.0 Å². The SMILES string of the molecule is O=C(NCC1CCN(C(=O)Nc2ccc(F)cc2)CC1)C(=O)NC1CCCCCC1. The lowest BCUT2D eigenvalue weighted by Crippen LogP contribution is -2.47. The normalized spacial score (nSPS) is 18.4. The Bertz CT molecular complexity index is 724. The lowest BCUT2D eigenvalue weighted by atomic mass is 9.97. The fraction of sp³-hybridized carbons (Fsp3) is 0.591. The minimum Gasteiger partial charge on any atom is -0.348 e. The average Bonchev–Trinajstić information content (AvgIpc) is 3.02. The highest BCUT2D eigenvalue weighted by Crippen LogP contribution is 2.19. The van der Waals surface area contributed by atoms with Crippen molar-refractivity contribution in [2.75, 3.05) is 25.0 Å². The molecule has 0 aromatic heterocycles. The van der Waals surface area contributed by atoms with E-state index in [1.54, 1.807) is 4.90 Å². The number of piperidine rings is 1. The smallest absolute Gasteiger partial charge is 0.321 e. The molecule has 7 nitrogen and oxygen atoms in total. The zero-order valence-corrected chi connectivity index (χ0v) is 17.3. The number of urea groups is 1. The van der Waals surface area contributed by atoms with Crippen molar-refractivity contribution < 1.29 is 18.8 Å². The molecule has 8 heteroatoms. The molecule has 30 heavy (non-hydrogen) atoms. The number of halogens is 1. The molecule has 4 amide bonds. The molecule has 0 atom stereocenters. The fourth-order valence-electron chi connectivity index (χ4n) is 4.07. The molecule has 0 bridgehead atoms. The van der Waals surface area contributed by atoms with Gasteiger partial charge in [0.15, 0.2) is 0 Å². The van der Waals surface area contributed by atoms with Crippen LogP contribution in [-0.2, 0) is 9.59 Å². The summed E-state index contributed by atoms with van der Waals surface area (Å²) in [5, 5.41) is 8.36. The molecule has 1 aliphatic heterocycles. The van der Waals surface area contributed by atoms with Crippen LogP contribution in [0.2, 0.25) is 0 Å². The summed E-state index contributed by atoms with van der Waals surface area (Å²) in [5.74, 6) is -1.23. The van der Waals surface area contributed by atoms with Gasteiger partial charge in [-0.05, 0) is 55.9 Å². The Morgan fingerprint density at radius 3 is 2.17 bits per heavy atom. The van der Waals surface area contributed by atoms with Gasteiger partial charge in [0, 0.05) is 31.4 Å². The molecular weight excluding hydrogens is 387 g/mol. The third kappa shape index (κ3) is 6.71. The maximum absolute atomic E-state index is 13.0. The topological polar surface area (TPSA) is 90.5 Å². The number of nitrogens with zero attached hydrogens (tertiary/aromatic N) is 1. The molecule has 1 aromatic rings. The van der Waals surface area contributed by atoms with Crippen molar-refractivity contribution >= 4 is 23.5 Å². The number of benzene rings is 1. The van der Waals surface area contributed by atoms with Crippen molar-refractivity contribution in [2.45, 2.75) is 57.4 Å². The molecule has 2 fully saturated rings. The standard InChI is InChI=1S/C22H31FN4O3/c23-17-7-9-19(10-8-17)26-22(30)27-13-11-16(12-14-27)15-24-20(28)21(29)25-18-5-3-1-2-4-6-18/h7-10,16,18H,1-6,11-15H2,(H,24,28)(H,25,29)(H,26,30). The number of anilines is 1. The largest absolute Gasteiger partial charge is 0.348 e. The highest BCUT2D eigenvalue weighted by atomic mass is 19.1. The zero-order chi connectivity index (χ0) is 21.3. The van der Waals surface area contributed by atoms with Gasteiger partial charge in [-0.1, -0.05) is 25.7 Å². The monoisotopic (exact) mass is 418 g/mol. The number of hydrogen-bond acceptors (Lipinski definition) is 3. The lowest BCUT2D eigenvalue weighted by molar-refractivity contribution is -0.139. The number of carbonyl (C=O) groups excluding carboxylic acids is 3. The van der Waals surface area contributed by atoms with Crippen molar-refractivity contribution in [1.29, 1.82) is 0 Å². The van der Waals surface area contributed by atoms with Crippen LogP contribution in [0.25, 0.3) is 0 Å². The molecule has 1 aliphatic carbocycles. The van der Waals surface area contributed by atoms with E-state index < -0.39 is 11.8 Å². The fourth-order valence-corrected chi connectivity index (χ4v) is 4.07. The predicted octanol–water partition coefficient (Wildman–Crippen LogP) is 3.02. The first-order chi connectivity index (χ1) is 14.5. The molecule has 1 saturated carbocycles. The molecule has 0 unspecified atom stereocenters. The number of hydrogen-bond donors (Lipinski definition) is 3. The van der Waals surface area contributed by atoms with Gasteiger partial charge in [-0.15, -0.1) is 0 Å². The van der Waals surface area contributed by atoms with Crippen molar-refractivity contribution in [3.63, 3.8) is 0 Å². The van der Waals surface area contributed by atoms with E-state index in [0.29, 0.717) is 25.3 Å². The summed E-state index contributed by atoms with van der Waals surface area (Å²) in [6, 6.07) is 5.54. The summed E-state index contributed by atoms with van der Waals surface area (Å²) in [4.78, 5) is 38.3. The second-order valence-electron chi connectivity index (χ2n) is 8.24. The lowest BCUT2D eigenvalue weighted by Gasteiger charge is -2.32. The van der Waals surface area contributed by atoms with Gasteiger partial charge in [-0.3, -0.25) is 9.59 Å². The van der Waals surface area contributed by atoms with Gasteiger partial charge in [0.25, 0.3) is 0 Å². The third-order valence-electron chi connectivity index (χ3n) is 5.95. The van der Waals surface area contributed by atoms with Gasteiger partial charge in [0.05, 0.1) is 0 Å². The highest BCUT2D eigenvalue weighted by Gasteiger charge is 2.25. The quantitative estimate of drug-likeness (QED) is 0.519. The van der Waals surface area contributed by atoms with E-state index in [-0.39, 0.29) is 23.8 Å². The maximum Gasteiger partial charge on any atom is 0.321 e. The van der Waals surface area contributed by atoms with Crippen LogP contribution in [0, 0.1) is 11.7 Å². The molecule has 1 heterocycles. The van der Waals surface area contributed by atoms with Crippen LogP contribution in [0.3, 0.4) is 0 Å². The van der Waals surface area contributed by atoms with E-state index in [0.717, 1.165) is 38.5 Å². The Kier molecular flexibility index (Phi) is 8.04. The number of amides is 4. The molecule has 1 aromatic carbocycles. The van der Waals surface area contributed by atoms with Crippen LogP contribution in [0.4, 0.5) is 14.9 Å².